The van der Waals surface area contributed by atoms with E-state index in [1.807, 2.05) is 12.3 Å². The molecule has 1 aromatic rings. The summed E-state index contributed by atoms with van der Waals surface area (Å²) >= 11 is 1.57. The third kappa shape index (κ3) is 2.61. The zero-order chi connectivity index (χ0) is 9.68. The van der Waals surface area contributed by atoms with Crippen LogP contribution in [0.1, 0.15) is 5.56 Å². The lowest BCUT2D eigenvalue weighted by molar-refractivity contribution is 0.467. The number of hydrogen-bond acceptors (Lipinski definition) is 4. The van der Waals surface area contributed by atoms with Crippen LogP contribution in [0.15, 0.2) is 28.1 Å². The van der Waals surface area contributed by atoms with Crippen LogP contribution in [-0.2, 0) is 11.3 Å². The van der Waals surface area contributed by atoms with Gasteiger partial charge in [0.15, 0.2) is 0 Å². The van der Waals surface area contributed by atoms with Gasteiger partial charge in [0.1, 0.15) is 5.75 Å². The molecule has 3 nitrogen and oxygen atoms in total. The number of aromatic hydroxyl groups is 1. The van der Waals surface area contributed by atoms with Crippen LogP contribution in [-0.4, -0.2) is 17.4 Å². The van der Waals surface area contributed by atoms with Crippen LogP contribution in [0.4, 0.5) is 0 Å². The average molecular weight is 195 g/mol. The fraction of sp³-hybridized carbons (Fsp3) is 0.222. The molecule has 0 saturated carbocycles. The average Bonchev–Trinajstić information content (AvgIpc) is 2.17. The second kappa shape index (κ2) is 4.70. The quantitative estimate of drug-likeness (QED) is 0.455. The van der Waals surface area contributed by atoms with Gasteiger partial charge in [0.2, 0.25) is 6.08 Å². The molecule has 1 N–H and O–H groups in total. The summed E-state index contributed by atoms with van der Waals surface area (Å²) in [5.41, 5.74) is 0.648. The maximum atomic E-state index is 9.87. The van der Waals surface area contributed by atoms with Gasteiger partial charge in [-0.15, -0.1) is 11.8 Å². The van der Waals surface area contributed by atoms with E-state index in [1.165, 1.54) is 6.08 Å². The monoisotopic (exact) mass is 195 g/mol. The number of thioether (sulfide) groups is 1. The fourth-order valence-electron chi connectivity index (χ4n) is 0.933. The molecule has 0 bridgehead atoms. The number of benzene rings is 1. The molecule has 0 aliphatic carbocycles. The Bertz CT molecular complexity index is 345. The molecule has 0 saturated heterocycles. The minimum atomic E-state index is 0.164. The van der Waals surface area contributed by atoms with Gasteiger partial charge in [-0.2, -0.15) is 0 Å². The first-order chi connectivity index (χ1) is 6.27. The Morgan fingerprint density at radius 3 is 3.00 bits per heavy atom. The molecule has 1 rings (SSSR count). The lowest BCUT2D eigenvalue weighted by Crippen LogP contribution is -1.83. The molecular weight excluding hydrogens is 186 g/mol. The van der Waals surface area contributed by atoms with E-state index >= 15 is 0 Å². The summed E-state index contributed by atoms with van der Waals surface area (Å²) in [6.45, 7) is 0.184. The molecule has 0 aromatic heterocycles. The first-order valence-corrected chi connectivity index (χ1v) is 4.90. The number of aliphatic imine (C=N–C) groups is 1. The third-order valence-corrected chi connectivity index (χ3v) is 2.33. The van der Waals surface area contributed by atoms with E-state index in [1.54, 1.807) is 23.9 Å². The first-order valence-electron chi connectivity index (χ1n) is 3.67. The standard InChI is InChI=1S/C9H9NO2S/c1-13-8-2-3-9(12)7(4-8)5-10-6-11/h2-4,12H,5H2,1H3. The molecule has 0 fully saturated rings. The number of rotatable bonds is 3. The van der Waals surface area contributed by atoms with Gasteiger partial charge >= 0.3 is 0 Å². The van der Waals surface area contributed by atoms with Crippen molar-refractivity contribution in [3.63, 3.8) is 0 Å². The molecule has 0 unspecified atom stereocenters. The van der Waals surface area contributed by atoms with Crippen molar-refractivity contribution in [1.29, 1.82) is 0 Å². The molecule has 0 radical (unpaired) electrons. The summed E-state index contributed by atoms with van der Waals surface area (Å²) < 4.78 is 0. The number of carbonyl (C=O) groups excluding carboxylic acids is 1. The summed E-state index contributed by atoms with van der Waals surface area (Å²) in [5.74, 6) is 0.164. The number of phenols is 1. The molecule has 0 heterocycles. The predicted molar refractivity (Wildman–Crippen MR) is 51.7 cm³/mol. The van der Waals surface area contributed by atoms with E-state index in [0.29, 0.717) is 5.56 Å². The topological polar surface area (TPSA) is 49.7 Å². The van der Waals surface area contributed by atoms with Crippen molar-refractivity contribution in [3.05, 3.63) is 23.8 Å². The van der Waals surface area contributed by atoms with Crippen LogP contribution in [0.2, 0.25) is 0 Å². The molecule has 1 aromatic carbocycles. The number of phenolic OH excluding ortho intramolecular Hbond substituents is 1. The van der Waals surface area contributed by atoms with Crippen LogP contribution in [0, 0.1) is 0 Å². The molecule has 68 valence electrons. The smallest absolute Gasteiger partial charge is 0.235 e. The maximum Gasteiger partial charge on any atom is 0.235 e. The summed E-state index contributed by atoms with van der Waals surface area (Å²) in [6.07, 6.45) is 3.38. The molecule has 0 atom stereocenters. The highest BCUT2D eigenvalue weighted by atomic mass is 32.2. The van der Waals surface area contributed by atoms with Crippen LogP contribution in [0.5, 0.6) is 5.75 Å². The largest absolute Gasteiger partial charge is 0.508 e. The van der Waals surface area contributed by atoms with Crippen molar-refractivity contribution < 1.29 is 9.90 Å². The van der Waals surface area contributed by atoms with Gasteiger partial charge < -0.3 is 5.11 Å². The Kier molecular flexibility index (Phi) is 3.55. The number of nitrogens with zero attached hydrogens (tertiary/aromatic N) is 1. The molecule has 0 aliphatic heterocycles. The van der Waals surface area contributed by atoms with Crippen LogP contribution < -0.4 is 0 Å². The summed E-state index contributed by atoms with van der Waals surface area (Å²) in [4.78, 5) is 14.3. The van der Waals surface area contributed by atoms with Crippen LogP contribution in [0.25, 0.3) is 0 Å². The normalized spacial score (nSPS) is 9.31. The van der Waals surface area contributed by atoms with Crippen molar-refractivity contribution in [2.75, 3.05) is 6.26 Å². The van der Waals surface area contributed by atoms with E-state index in [9.17, 15) is 9.90 Å². The van der Waals surface area contributed by atoms with Crippen molar-refractivity contribution in [3.8, 4) is 5.75 Å². The molecule has 4 heteroatoms. The fourth-order valence-corrected chi connectivity index (χ4v) is 1.40. The minimum Gasteiger partial charge on any atom is -0.508 e. The predicted octanol–water partition coefficient (Wildman–Crippen LogP) is 1.95. The molecular formula is C9H9NO2S. The van der Waals surface area contributed by atoms with Crippen molar-refractivity contribution in [2.24, 2.45) is 4.99 Å². The molecule has 13 heavy (non-hydrogen) atoms. The SMILES string of the molecule is CSc1ccc(O)c(CN=C=O)c1. The van der Waals surface area contributed by atoms with Gasteiger partial charge in [0, 0.05) is 10.5 Å². The Morgan fingerprint density at radius 2 is 2.38 bits per heavy atom. The summed E-state index contributed by atoms with van der Waals surface area (Å²) in [7, 11) is 0. The lowest BCUT2D eigenvalue weighted by Gasteiger charge is -2.02. The highest BCUT2D eigenvalue weighted by Crippen LogP contribution is 2.24. The van der Waals surface area contributed by atoms with E-state index in [-0.39, 0.29) is 12.3 Å². The van der Waals surface area contributed by atoms with Crippen LogP contribution >= 0.6 is 11.8 Å². The molecule has 0 spiro atoms. The first kappa shape index (κ1) is 9.84. The lowest BCUT2D eigenvalue weighted by atomic mass is 10.2. The van der Waals surface area contributed by atoms with E-state index in [4.69, 9.17) is 0 Å². The van der Waals surface area contributed by atoms with Crippen molar-refractivity contribution in [1.82, 2.24) is 0 Å². The maximum absolute atomic E-state index is 9.87. The van der Waals surface area contributed by atoms with E-state index in [0.717, 1.165) is 4.90 Å². The van der Waals surface area contributed by atoms with Gasteiger partial charge in [-0.05, 0) is 24.5 Å². The van der Waals surface area contributed by atoms with Crippen LogP contribution in [0.3, 0.4) is 0 Å². The summed E-state index contributed by atoms with van der Waals surface area (Å²) in [5, 5.41) is 9.36. The zero-order valence-corrected chi connectivity index (χ0v) is 7.97. The summed E-state index contributed by atoms with van der Waals surface area (Å²) in [6, 6.07) is 5.22. The molecule has 0 aliphatic rings. The van der Waals surface area contributed by atoms with Gasteiger partial charge in [-0.25, -0.2) is 9.79 Å². The van der Waals surface area contributed by atoms with Gasteiger partial charge in [0.25, 0.3) is 0 Å². The van der Waals surface area contributed by atoms with Gasteiger partial charge in [-0.3, -0.25) is 0 Å². The Hall–Kier alpha value is -1.25. The molecule has 0 amide bonds. The third-order valence-electron chi connectivity index (χ3n) is 1.60. The zero-order valence-electron chi connectivity index (χ0n) is 7.15. The van der Waals surface area contributed by atoms with E-state index in [2.05, 4.69) is 4.99 Å². The Balaban J connectivity index is 2.96. The minimum absolute atomic E-state index is 0.164. The van der Waals surface area contributed by atoms with Crippen molar-refractivity contribution >= 4 is 17.8 Å². The highest BCUT2D eigenvalue weighted by molar-refractivity contribution is 7.98. The number of isocyanates is 1. The van der Waals surface area contributed by atoms with E-state index < -0.39 is 0 Å². The highest BCUT2D eigenvalue weighted by Gasteiger charge is 2.00. The second-order valence-electron chi connectivity index (χ2n) is 2.40. The van der Waals surface area contributed by atoms with Crippen molar-refractivity contribution in [2.45, 2.75) is 11.4 Å². The number of hydrogen-bond donors (Lipinski definition) is 1. The van der Waals surface area contributed by atoms with Gasteiger partial charge in [0.05, 0.1) is 6.54 Å². The Morgan fingerprint density at radius 1 is 1.62 bits per heavy atom. The van der Waals surface area contributed by atoms with Gasteiger partial charge in [-0.1, -0.05) is 0 Å². The second-order valence-corrected chi connectivity index (χ2v) is 3.28. The Labute approximate surface area is 80.5 Å².